The quantitative estimate of drug-likeness (QED) is 0.855. The van der Waals surface area contributed by atoms with Gasteiger partial charge in [-0.1, -0.05) is 0 Å². The van der Waals surface area contributed by atoms with Crippen molar-refractivity contribution in [1.29, 1.82) is 0 Å². The van der Waals surface area contributed by atoms with Crippen molar-refractivity contribution in [3.05, 3.63) is 34.0 Å². The molecular formula is C18H24N4OS. The molecule has 0 unspecified atom stereocenters. The third-order valence-electron chi connectivity index (χ3n) is 5.61. The van der Waals surface area contributed by atoms with Crippen LogP contribution in [0.5, 0.6) is 0 Å². The molecule has 4 heterocycles. The van der Waals surface area contributed by atoms with Gasteiger partial charge in [-0.2, -0.15) is 5.10 Å². The molecule has 0 amide bonds. The maximum absolute atomic E-state index is 6.42. The summed E-state index contributed by atoms with van der Waals surface area (Å²) >= 11 is 1.81. The summed E-state index contributed by atoms with van der Waals surface area (Å²) in [6, 6.07) is 0. The highest BCUT2D eigenvalue weighted by molar-refractivity contribution is 7.09. The highest BCUT2D eigenvalue weighted by Crippen LogP contribution is 2.45. The number of aromatic nitrogens is 3. The number of rotatable bonds is 4. The summed E-state index contributed by atoms with van der Waals surface area (Å²) < 4.78 is 8.30. The van der Waals surface area contributed by atoms with Crippen LogP contribution in [0.1, 0.15) is 54.0 Å². The molecule has 2 saturated heterocycles. The second-order valence-corrected chi connectivity index (χ2v) is 8.48. The van der Waals surface area contributed by atoms with Gasteiger partial charge >= 0.3 is 0 Å². The smallest absolute Gasteiger partial charge is 0.122 e. The largest absolute Gasteiger partial charge is 0.366 e. The molecule has 128 valence electrons. The van der Waals surface area contributed by atoms with E-state index in [2.05, 4.69) is 21.6 Å². The maximum Gasteiger partial charge on any atom is 0.122 e. The van der Waals surface area contributed by atoms with E-state index in [1.165, 1.54) is 35.5 Å². The Labute approximate surface area is 146 Å². The molecule has 24 heavy (non-hydrogen) atoms. The lowest BCUT2D eigenvalue weighted by Crippen LogP contribution is -2.41. The van der Waals surface area contributed by atoms with Crippen molar-refractivity contribution in [2.75, 3.05) is 13.1 Å². The molecule has 2 aliphatic heterocycles. The molecule has 5 rings (SSSR count). The van der Waals surface area contributed by atoms with Gasteiger partial charge in [0.05, 0.1) is 18.0 Å². The van der Waals surface area contributed by atoms with Gasteiger partial charge in [-0.25, -0.2) is 4.98 Å². The van der Waals surface area contributed by atoms with E-state index in [4.69, 9.17) is 9.72 Å². The van der Waals surface area contributed by atoms with Crippen LogP contribution >= 0.6 is 11.3 Å². The van der Waals surface area contributed by atoms with Crippen LogP contribution in [0.15, 0.2) is 17.8 Å². The first kappa shape index (κ1) is 15.0. The molecule has 5 nitrogen and oxygen atoms in total. The number of hydrogen-bond donors (Lipinski definition) is 0. The molecule has 1 aliphatic carbocycles. The summed E-state index contributed by atoms with van der Waals surface area (Å²) in [6.45, 7) is 3.18. The van der Waals surface area contributed by atoms with E-state index in [0.717, 1.165) is 32.0 Å². The molecule has 0 spiro atoms. The van der Waals surface area contributed by atoms with Gasteiger partial charge in [-0.05, 0) is 38.1 Å². The van der Waals surface area contributed by atoms with E-state index in [1.807, 2.05) is 17.9 Å². The summed E-state index contributed by atoms with van der Waals surface area (Å²) in [6.07, 6.45) is 9.72. The van der Waals surface area contributed by atoms with Crippen LogP contribution in [0.25, 0.3) is 0 Å². The monoisotopic (exact) mass is 344 g/mol. The molecule has 2 aromatic heterocycles. The summed E-state index contributed by atoms with van der Waals surface area (Å²) in [5.41, 5.74) is 2.60. The molecule has 6 heteroatoms. The molecule has 0 N–H and O–H groups in total. The van der Waals surface area contributed by atoms with Crippen LogP contribution in [0.3, 0.4) is 0 Å². The van der Waals surface area contributed by atoms with E-state index in [0.29, 0.717) is 12.0 Å². The molecule has 3 atom stereocenters. The van der Waals surface area contributed by atoms with Gasteiger partial charge in [0.2, 0.25) is 0 Å². The van der Waals surface area contributed by atoms with Crippen LogP contribution < -0.4 is 0 Å². The van der Waals surface area contributed by atoms with Gasteiger partial charge < -0.3 is 4.74 Å². The number of likely N-dealkylation sites (tertiary alicyclic amines) is 1. The fraction of sp³-hybridized carbons (Fsp3) is 0.667. The van der Waals surface area contributed by atoms with E-state index in [1.54, 1.807) is 11.3 Å². The van der Waals surface area contributed by atoms with Crippen molar-refractivity contribution < 1.29 is 4.74 Å². The molecule has 0 bridgehead atoms. The van der Waals surface area contributed by atoms with E-state index in [9.17, 15) is 0 Å². The number of nitrogens with zero attached hydrogens (tertiary/aromatic N) is 4. The predicted molar refractivity (Wildman–Crippen MR) is 92.9 cm³/mol. The molecule has 0 aromatic carbocycles. The predicted octanol–water partition coefficient (Wildman–Crippen LogP) is 3.11. The van der Waals surface area contributed by atoms with E-state index >= 15 is 0 Å². The number of fused-ring (bicyclic) bond motifs is 1. The standard InChI is InChI=1S/C18H24N4OS/c1-21-8-12(7-19-21)9-22-5-4-14-6-16(23-17(14)10-22)18-20-15(11-24-18)13-2-3-13/h7-8,11,13-14,16-17H,2-6,9-10H2,1H3/t14-,16+,17+/m0/s1. The third-order valence-corrected chi connectivity index (χ3v) is 6.57. The van der Waals surface area contributed by atoms with E-state index in [-0.39, 0.29) is 6.10 Å². The minimum atomic E-state index is 0.232. The Balaban J connectivity index is 1.22. The highest BCUT2D eigenvalue weighted by Gasteiger charge is 2.41. The fourth-order valence-electron chi connectivity index (χ4n) is 4.12. The van der Waals surface area contributed by atoms with Crippen molar-refractivity contribution in [3.63, 3.8) is 0 Å². The molecule has 3 fully saturated rings. The third kappa shape index (κ3) is 2.91. The Kier molecular flexibility index (Phi) is 3.72. The number of thiazole rings is 1. The van der Waals surface area contributed by atoms with Crippen molar-refractivity contribution in [1.82, 2.24) is 19.7 Å². The Morgan fingerprint density at radius 3 is 3.04 bits per heavy atom. The first-order chi connectivity index (χ1) is 11.7. The lowest BCUT2D eigenvalue weighted by molar-refractivity contribution is -0.00943. The number of hydrogen-bond acceptors (Lipinski definition) is 5. The molecule has 3 aliphatic rings. The summed E-state index contributed by atoms with van der Waals surface area (Å²) in [5.74, 6) is 1.45. The Hall–Kier alpha value is -1.24. The van der Waals surface area contributed by atoms with Crippen LogP contribution in [-0.2, 0) is 18.3 Å². The van der Waals surface area contributed by atoms with Crippen LogP contribution in [-0.4, -0.2) is 38.9 Å². The Bertz CT molecular complexity index is 722. The zero-order valence-electron chi connectivity index (χ0n) is 14.1. The van der Waals surface area contributed by atoms with Crippen molar-refractivity contribution in [2.24, 2.45) is 13.0 Å². The minimum absolute atomic E-state index is 0.232. The van der Waals surface area contributed by atoms with E-state index < -0.39 is 0 Å². The van der Waals surface area contributed by atoms with Crippen molar-refractivity contribution in [3.8, 4) is 0 Å². The minimum Gasteiger partial charge on any atom is -0.366 e. The highest BCUT2D eigenvalue weighted by atomic mass is 32.1. The molecule has 1 saturated carbocycles. The second-order valence-electron chi connectivity index (χ2n) is 7.59. The van der Waals surface area contributed by atoms with Gasteiger partial charge in [-0.15, -0.1) is 11.3 Å². The van der Waals surface area contributed by atoms with Gasteiger partial charge in [-0.3, -0.25) is 9.58 Å². The molecule has 2 aromatic rings. The van der Waals surface area contributed by atoms with Gasteiger partial charge in [0.25, 0.3) is 0 Å². The summed E-state index contributed by atoms with van der Waals surface area (Å²) in [7, 11) is 1.98. The van der Waals surface area contributed by atoms with Crippen molar-refractivity contribution >= 4 is 11.3 Å². The van der Waals surface area contributed by atoms with Gasteiger partial charge in [0.1, 0.15) is 11.1 Å². The summed E-state index contributed by atoms with van der Waals surface area (Å²) in [5, 5.41) is 7.74. The lowest BCUT2D eigenvalue weighted by atomic mass is 9.92. The Morgan fingerprint density at radius 1 is 1.33 bits per heavy atom. The number of ether oxygens (including phenoxy) is 1. The van der Waals surface area contributed by atoms with Crippen LogP contribution in [0.2, 0.25) is 0 Å². The lowest BCUT2D eigenvalue weighted by Gasteiger charge is -2.33. The van der Waals surface area contributed by atoms with Crippen molar-refractivity contribution in [2.45, 2.75) is 50.4 Å². The second kappa shape index (κ2) is 5.93. The van der Waals surface area contributed by atoms with Gasteiger partial charge in [0.15, 0.2) is 0 Å². The topological polar surface area (TPSA) is 43.2 Å². The average molecular weight is 344 g/mol. The van der Waals surface area contributed by atoms with Crippen LogP contribution in [0.4, 0.5) is 0 Å². The number of piperidine rings is 1. The average Bonchev–Trinajstić information content (AvgIpc) is 2.98. The number of aryl methyl sites for hydroxylation is 1. The zero-order chi connectivity index (χ0) is 16.1. The normalized spacial score (nSPS) is 30.6. The molecule has 0 radical (unpaired) electrons. The summed E-state index contributed by atoms with van der Waals surface area (Å²) in [4.78, 5) is 7.38. The maximum atomic E-state index is 6.42. The Morgan fingerprint density at radius 2 is 2.25 bits per heavy atom. The zero-order valence-corrected chi connectivity index (χ0v) is 14.9. The molecular weight excluding hydrogens is 320 g/mol. The SMILES string of the molecule is Cn1cc(CN2CC[C@H]3C[C@H](c4nc(C5CC5)cs4)O[C@@H]3C2)cn1. The van der Waals surface area contributed by atoms with Crippen LogP contribution in [0, 0.1) is 5.92 Å². The first-order valence-corrected chi connectivity index (χ1v) is 9.93. The fourth-order valence-corrected chi connectivity index (χ4v) is 5.07. The first-order valence-electron chi connectivity index (χ1n) is 9.05. The van der Waals surface area contributed by atoms with Gasteiger partial charge in [0, 0.05) is 43.2 Å².